The van der Waals surface area contributed by atoms with Crippen molar-refractivity contribution in [3.63, 3.8) is 0 Å². The molecule has 30 heavy (non-hydrogen) atoms. The number of carbonyl (C=O) groups excluding carboxylic acids is 2. The lowest BCUT2D eigenvalue weighted by molar-refractivity contribution is -0.117. The van der Waals surface area contributed by atoms with E-state index >= 15 is 0 Å². The minimum absolute atomic E-state index is 0.0176. The van der Waals surface area contributed by atoms with Gasteiger partial charge < -0.3 is 9.64 Å². The molecule has 8 nitrogen and oxygen atoms in total. The molecule has 5 rings (SSSR count). The van der Waals surface area contributed by atoms with E-state index in [9.17, 15) is 9.59 Å². The standard InChI is InChI=1S/C22H29N5O3/c1-21(2,3)30-20(29)26-12-22(13-26)10-9-15(11-22)16-5-4-6-17-23-19(25-27(16)17)24-18(28)14-7-8-14/h4-6,14-15H,7-13H2,1-3H3,(H,24,25,28). The molecular weight excluding hydrogens is 382 g/mol. The first-order valence-corrected chi connectivity index (χ1v) is 10.9. The Morgan fingerprint density at radius 2 is 1.97 bits per heavy atom. The van der Waals surface area contributed by atoms with Crippen molar-refractivity contribution in [3.8, 4) is 0 Å². The Morgan fingerprint density at radius 3 is 2.67 bits per heavy atom. The second-order valence-corrected chi connectivity index (χ2v) is 10.2. The lowest BCUT2D eigenvalue weighted by atomic mass is 9.77. The number of amides is 2. The highest BCUT2D eigenvalue weighted by Gasteiger charge is 2.51. The Kier molecular flexibility index (Phi) is 4.31. The predicted octanol–water partition coefficient (Wildman–Crippen LogP) is 3.58. The molecule has 1 atom stereocenters. The summed E-state index contributed by atoms with van der Waals surface area (Å²) >= 11 is 0. The van der Waals surface area contributed by atoms with Gasteiger partial charge in [0.25, 0.3) is 0 Å². The third-order valence-corrected chi connectivity index (χ3v) is 6.40. The van der Waals surface area contributed by atoms with Crippen molar-refractivity contribution < 1.29 is 14.3 Å². The van der Waals surface area contributed by atoms with Crippen LogP contribution in [-0.2, 0) is 9.53 Å². The quantitative estimate of drug-likeness (QED) is 0.834. The van der Waals surface area contributed by atoms with Crippen molar-refractivity contribution in [1.82, 2.24) is 19.5 Å². The van der Waals surface area contributed by atoms with E-state index in [2.05, 4.69) is 21.5 Å². The van der Waals surface area contributed by atoms with Gasteiger partial charge in [-0.2, -0.15) is 4.98 Å². The van der Waals surface area contributed by atoms with Crippen molar-refractivity contribution in [1.29, 1.82) is 0 Å². The number of fused-ring (bicyclic) bond motifs is 1. The molecule has 0 bridgehead atoms. The number of hydrogen-bond acceptors (Lipinski definition) is 5. The summed E-state index contributed by atoms with van der Waals surface area (Å²) in [6, 6.07) is 6.02. The number of nitrogens with zero attached hydrogens (tertiary/aromatic N) is 4. The molecule has 3 heterocycles. The summed E-state index contributed by atoms with van der Waals surface area (Å²) in [5.74, 6) is 0.885. The van der Waals surface area contributed by atoms with Crippen molar-refractivity contribution in [2.45, 2.75) is 64.4 Å². The van der Waals surface area contributed by atoms with Crippen LogP contribution >= 0.6 is 0 Å². The van der Waals surface area contributed by atoms with Crippen LogP contribution in [0.25, 0.3) is 5.65 Å². The summed E-state index contributed by atoms with van der Waals surface area (Å²) in [5.41, 5.74) is 1.59. The van der Waals surface area contributed by atoms with Crippen LogP contribution in [0.1, 0.15) is 64.5 Å². The van der Waals surface area contributed by atoms with Gasteiger partial charge >= 0.3 is 6.09 Å². The van der Waals surface area contributed by atoms with Gasteiger partial charge in [0.05, 0.1) is 0 Å². The molecule has 2 aliphatic carbocycles. The van der Waals surface area contributed by atoms with Gasteiger partial charge in [0.2, 0.25) is 11.9 Å². The lowest BCUT2D eigenvalue weighted by Gasteiger charge is -2.48. The maximum absolute atomic E-state index is 12.3. The molecule has 1 N–H and O–H groups in total. The number of anilines is 1. The highest BCUT2D eigenvalue weighted by atomic mass is 16.6. The molecular formula is C22H29N5O3. The first kappa shape index (κ1) is 19.3. The van der Waals surface area contributed by atoms with Crippen LogP contribution in [0.3, 0.4) is 0 Å². The minimum atomic E-state index is -0.465. The zero-order valence-corrected chi connectivity index (χ0v) is 17.9. The number of aromatic nitrogens is 3. The van der Waals surface area contributed by atoms with Crippen LogP contribution in [0.4, 0.5) is 10.7 Å². The summed E-state index contributed by atoms with van der Waals surface area (Å²) < 4.78 is 7.37. The maximum Gasteiger partial charge on any atom is 0.410 e. The number of likely N-dealkylation sites (tertiary alicyclic amines) is 1. The average Bonchev–Trinajstić information content (AvgIpc) is 3.25. The fourth-order valence-electron chi connectivity index (χ4n) is 4.81. The predicted molar refractivity (Wildman–Crippen MR) is 111 cm³/mol. The fraction of sp³-hybridized carbons (Fsp3) is 0.636. The van der Waals surface area contributed by atoms with Crippen molar-refractivity contribution in [3.05, 3.63) is 23.9 Å². The molecule has 160 valence electrons. The van der Waals surface area contributed by atoms with Gasteiger partial charge in [-0.1, -0.05) is 6.07 Å². The number of hydrogen-bond donors (Lipinski definition) is 1. The zero-order valence-electron chi connectivity index (χ0n) is 17.9. The topological polar surface area (TPSA) is 88.8 Å². The number of carbonyl (C=O) groups is 2. The van der Waals surface area contributed by atoms with Gasteiger partial charge in [-0.3, -0.25) is 10.1 Å². The molecule has 1 saturated heterocycles. The Hall–Kier alpha value is -2.64. The minimum Gasteiger partial charge on any atom is -0.444 e. The zero-order chi connectivity index (χ0) is 21.1. The largest absolute Gasteiger partial charge is 0.444 e. The monoisotopic (exact) mass is 411 g/mol. The first-order valence-electron chi connectivity index (χ1n) is 10.9. The molecule has 1 aliphatic heterocycles. The Bertz CT molecular complexity index is 998. The van der Waals surface area contributed by atoms with Crippen LogP contribution < -0.4 is 5.32 Å². The molecule has 0 aromatic carbocycles. The highest BCUT2D eigenvalue weighted by molar-refractivity contribution is 5.92. The van der Waals surface area contributed by atoms with Crippen molar-refractivity contribution in [2.75, 3.05) is 18.4 Å². The molecule has 1 spiro atoms. The van der Waals surface area contributed by atoms with Crippen LogP contribution in [0.2, 0.25) is 0 Å². The molecule has 3 fully saturated rings. The summed E-state index contributed by atoms with van der Waals surface area (Å²) in [7, 11) is 0. The van der Waals surface area contributed by atoms with Gasteiger partial charge in [-0.15, -0.1) is 5.10 Å². The second kappa shape index (κ2) is 6.68. The van der Waals surface area contributed by atoms with E-state index in [1.807, 2.05) is 42.3 Å². The van der Waals surface area contributed by atoms with Crippen LogP contribution in [0.15, 0.2) is 18.2 Å². The van der Waals surface area contributed by atoms with Crippen LogP contribution in [0.5, 0.6) is 0 Å². The molecule has 0 radical (unpaired) electrons. The number of ether oxygens (including phenoxy) is 1. The summed E-state index contributed by atoms with van der Waals surface area (Å²) in [5, 5.41) is 7.42. The Labute approximate surface area is 176 Å². The summed E-state index contributed by atoms with van der Waals surface area (Å²) in [6.45, 7) is 7.20. The Morgan fingerprint density at radius 1 is 1.20 bits per heavy atom. The third kappa shape index (κ3) is 3.63. The molecule has 2 saturated carbocycles. The van der Waals surface area contributed by atoms with Gasteiger partial charge in [-0.05, 0) is 65.0 Å². The second-order valence-electron chi connectivity index (χ2n) is 10.2. The van der Waals surface area contributed by atoms with E-state index in [0.717, 1.165) is 56.5 Å². The summed E-state index contributed by atoms with van der Waals surface area (Å²) in [6.07, 6.45) is 4.86. The van der Waals surface area contributed by atoms with E-state index in [1.54, 1.807) is 0 Å². The van der Waals surface area contributed by atoms with E-state index in [0.29, 0.717) is 11.9 Å². The Balaban J connectivity index is 1.27. The van der Waals surface area contributed by atoms with E-state index in [1.165, 1.54) is 0 Å². The molecule has 8 heteroatoms. The maximum atomic E-state index is 12.3. The van der Waals surface area contributed by atoms with E-state index < -0.39 is 5.60 Å². The normalized spacial score (nSPS) is 22.9. The van der Waals surface area contributed by atoms with Crippen molar-refractivity contribution in [2.24, 2.45) is 11.3 Å². The van der Waals surface area contributed by atoms with Crippen LogP contribution in [-0.4, -0.2) is 50.2 Å². The molecule has 3 aliphatic rings. The lowest BCUT2D eigenvalue weighted by Crippen LogP contribution is -2.58. The molecule has 2 aromatic rings. The fourth-order valence-corrected chi connectivity index (χ4v) is 4.81. The van der Waals surface area contributed by atoms with E-state index in [4.69, 9.17) is 4.74 Å². The van der Waals surface area contributed by atoms with Crippen molar-refractivity contribution >= 4 is 23.6 Å². The number of pyridine rings is 1. The average molecular weight is 412 g/mol. The smallest absolute Gasteiger partial charge is 0.410 e. The van der Waals surface area contributed by atoms with Gasteiger partial charge in [0.1, 0.15) is 5.60 Å². The summed E-state index contributed by atoms with van der Waals surface area (Å²) in [4.78, 5) is 30.7. The first-order chi connectivity index (χ1) is 14.2. The van der Waals surface area contributed by atoms with Gasteiger partial charge in [0, 0.05) is 36.0 Å². The molecule has 1 unspecified atom stereocenters. The SMILES string of the molecule is CC(C)(C)OC(=O)N1CC2(CCC(c3cccc4nc(NC(=O)C5CC5)nn34)C2)C1. The highest BCUT2D eigenvalue weighted by Crippen LogP contribution is 2.51. The third-order valence-electron chi connectivity index (χ3n) is 6.40. The van der Waals surface area contributed by atoms with E-state index in [-0.39, 0.29) is 23.3 Å². The number of rotatable bonds is 3. The molecule has 2 amide bonds. The van der Waals surface area contributed by atoms with Gasteiger partial charge in [-0.25, -0.2) is 9.31 Å². The molecule has 2 aromatic heterocycles. The number of nitrogens with one attached hydrogen (secondary N) is 1. The van der Waals surface area contributed by atoms with Gasteiger partial charge in [0.15, 0.2) is 5.65 Å². The van der Waals surface area contributed by atoms with Crippen LogP contribution in [0, 0.1) is 11.3 Å².